The monoisotopic (exact) mass is 230 g/mol. The van der Waals surface area contributed by atoms with Gasteiger partial charge >= 0.3 is 6.03 Å². The highest BCUT2D eigenvalue weighted by molar-refractivity contribution is 6.07. The molecule has 2 N–H and O–H groups in total. The van der Waals surface area contributed by atoms with Crippen LogP contribution in [0.15, 0.2) is 34.7 Å². The lowest BCUT2D eigenvalue weighted by Crippen LogP contribution is -2.40. The topological polar surface area (TPSA) is 71.3 Å². The van der Waals surface area contributed by atoms with Crippen molar-refractivity contribution in [2.24, 2.45) is 0 Å². The molecule has 0 spiro atoms. The van der Waals surface area contributed by atoms with Crippen molar-refractivity contribution in [1.29, 1.82) is 0 Å². The second-order valence-corrected chi connectivity index (χ2v) is 4.18. The lowest BCUT2D eigenvalue weighted by molar-refractivity contribution is -0.124. The number of amides is 3. The minimum absolute atomic E-state index is 0.401. The number of hydrogen-bond acceptors (Lipinski definition) is 3. The molecule has 86 valence electrons. The molecule has 0 radical (unpaired) electrons. The molecule has 1 aromatic heterocycles. The first kappa shape index (κ1) is 9.89. The molecule has 1 aliphatic rings. The number of nitrogens with one attached hydrogen (secondary N) is 2. The molecular weight excluding hydrogens is 220 g/mol. The lowest BCUT2D eigenvalue weighted by atomic mass is 9.99. The van der Waals surface area contributed by atoms with E-state index in [0.29, 0.717) is 11.3 Å². The van der Waals surface area contributed by atoms with E-state index in [1.54, 1.807) is 13.0 Å². The number of carbonyl (C=O) groups is 2. The van der Waals surface area contributed by atoms with Gasteiger partial charge in [-0.05, 0) is 19.1 Å². The third-order valence-electron chi connectivity index (χ3n) is 2.96. The molecule has 3 amide bonds. The van der Waals surface area contributed by atoms with E-state index in [9.17, 15) is 9.59 Å². The van der Waals surface area contributed by atoms with Gasteiger partial charge in [-0.15, -0.1) is 0 Å². The average molecular weight is 230 g/mol. The van der Waals surface area contributed by atoms with Crippen LogP contribution < -0.4 is 10.6 Å². The molecule has 0 aliphatic carbocycles. The Hall–Kier alpha value is -2.30. The minimum atomic E-state index is -1.13. The molecule has 2 heterocycles. The van der Waals surface area contributed by atoms with Crippen molar-refractivity contribution >= 4 is 22.9 Å². The Kier molecular flexibility index (Phi) is 1.80. The fourth-order valence-corrected chi connectivity index (χ4v) is 1.94. The molecule has 1 saturated heterocycles. The van der Waals surface area contributed by atoms with Crippen LogP contribution in [0.5, 0.6) is 0 Å². The zero-order valence-electron chi connectivity index (χ0n) is 9.11. The van der Waals surface area contributed by atoms with E-state index in [0.717, 1.165) is 5.39 Å². The first-order valence-corrected chi connectivity index (χ1v) is 5.22. The van der Waals surface area contributed by atoms with Gasteiger partial charge in [-0.3, -0.25) is 10.1 Å². The summed E-state index contributed by atoms with van der Waals surface area (Å²) in [4.78, 5) is 22.9. The van der Waals surface area contributed by atoms with Gasteiger partial charge in [-0.1, -0.05) is 18.2 Å². The van der Waals surface area contributed by atoms with Gasteiger partial charge in [-0.2, -0.15) is 0 Å². The second kappa shape index (κ2) is 3.10. The maximum atomic E-state index is 11.7. The van der Waals surface area contributed by atoms with E-state index in [1.165, 1.54) is 0 Å². The van der Waals surface area contributed by atoms with Crippen molar-refractivity contribution in [3.63, 3.8) is 0 Å². The van der Waals surface area contributed by atoms with E-state index in [4.69, 9.17) is 4.42 Å². The standard InChI is InChI=1S/C12H10N2O3/c1-12(10(15)13-11(16)14-12)9-6-7-4-2-3-5-8(7)17-9/h2-6H,1H3,(H2,13,14,15,16)/t12-/m1/s1. The predicted molar refractivity (Wildman–Crippen MR) is 60.2 cm³/mol. The summed E-state index contributed by atoms with van der Waals surface area (Å²) in [5, 5.41) is 5.67. The summed E-state index contributed by atoms with van der Waals surface area (Å²) < 4.78 is 5.60. The number of para-hydroxylation sites is 1. The van der Waals surface area contributed by atoms with E-state index in [-0.39, 0.29) is 0 Å². The van der Waals surface area contributed by atoms with Gasteiger partial charge in [0.1, 0.15) is 11.3 Å². The molecule has 1 aliphatic heterocycles. The van der Waals surface area contributed by atoms with Crippen LogP contribution in [-0.4, -0.2) is 11.9 Å². The molecule has 0 bridgehead atoms. The van der Waals surface area contributed by atoms with Gasteiger partial charge in [0.2, 0.25) is 0 Å². The Bertz CT molecular complexity index is 598. The summed E-state index contributed by atoms with van der Waals surface area (Å²) in [5.74, 6) is 0.0311. The molecule has 0 saturated carbocycles. The second-order valence-electron chi connectivity index (χ2n) is 4.18. The summed E-state index contributed by atoms with van der Waals surface area (Å²) in [5.41, 5.74) is -0.437. The molecule has 17 heavy (non-hydrogen) atoms. The van der Waals surface area contributed by atoms with E-state index >= 15 is 0 Å². The smallest absolute Gasteiger partial charge is 0.322 e. The minimum Gasteiger partial charge on any atom is -0.458 e. The fraction of sp³-hybridized carbons (Fsp3) is 0.167. The van der Waals surface area contributed by atoms with Crippen molar-refractivity contribution in [2.75, 3.05) is 0 Å². The van der Waals surface area contributed by atoms with E-state index in [1.807, 2.05) is 24.3 Å². The van der Waals surface area contributed by atoms with Gasteiger partial charge in [0.05, 0.1) is 0 Å². The Morgan fingerprint density at radius 3 is 2.65 bits per heavy atom. The summed E-state index contributed by atoms with van der Waals surface area (Å²) in [7, 11) is 0. The fourth-order valence-electron chi connectivity index (χ4n) is 1.94. The lowest BCUT2D eigenvalue weighted by Gasteiger charge is -2.16. The van der Waals surface area contributed by atoms with Crippen molar-refractivity contribution < 1.29 is 14.0 Å². The molecule has 5 nitrogen and oxygen atoms in total. The summed E-state index contributed by atoms with van der Waals surface area (Å²) >= 11 is 0. The third kappa shape index (κ3) is 1.32. The van der Waals surface area contributed by atoms with Crippen LogP contribution in [0.1, 0.15) is 12.7 Å². The Balaban J connectivity index is 2.15. The number of fused-ring (bicyclic) bond motifs is 1. The van der Waals surface area contributed by atoms with Crippen LogP contribution in [0, 0.1) is 0 Å². The van der Waals surface area contributed by atoms with Gasteiger partial charge in [-0.25, -0.2) is 4.79 Å². The van der Waals surface area contributed by atoms with E-state index < -0.39 is 17.5 Å². The van der Waals surface area contributed by atoms with Gasteiger partial charge in [0.15, 0.2) is 5.54 Å². The molecule has 1 fully saturated rings. The SMILES string of the molecule is C[C@]1(c2cc3ccccc3o2)NC(=O)NC1=O. The number of imide groups is 1. The number of rotatable bonds is 1. The van der Waals surface area contributed by atoms with Gasteiger partial charge < -0.3 is 9.73 Å². The number of furan rings is 1. The number of urea groups is 1. The first-order valence-electron chi connectivity index (χ1n) is 5.22. The van der Waals surface area contributed by atoms with Crippen LogP contribution in [-0.2, 0) is 10.3 Å². The normalized spacial score (nSPS) is 23.8. The van der Waals surface area contributed by atoms with Crippen molar-refractivity contribution in [3.05, 3.63) is 36.1 Å². The Morgan fingerprint density at radius 2 is 2.00 bits per heavy atom. The van der Waals surface area contributed by atoms with Crippen LogP contribution in [0.25, 0.3) is 11.0 Å². The number of benzene rings is 1. The molecular formula is C12H10N2O3. The number of hydrogen-bond donors (Lipinski definition) is 2. The van der Waals surface area contributed by atoms with Crippen LogP contribution >= 0.6 is 0 Å². The van der Waals surface area contributed by atoms with Gasteiger partial charge in [0.25, 0.3) is 5.91 Å². The zero-order valence-corrected chi connectivity index (χ0v) is 9.11. The highest BCUT2D eigenvalue weighted by Crippen LogP contribution is 2.29. The van der Waals surface area contributed by atoms with Crippen molar-refractivity contribution in [3.8, 4) is 0 Å². The zero-order chi connectivity index (χ0) is 12.0. The maximum absolute atomic E-state index is 11.7. The molecule has 1 aromatic carbocycles. The van der Waals surface area contributed by atoms with Gasteiger partial charge in [0, 0.05) is 5.39 Å². The first-order chi connectivity index (χ1) is 8.09. The predicted octanol–water partition coefficient (Wildman–Crippen LogP) is 1.49. The van der Waals surface area contributed by atoms with Crippen LogP contribution in [0.4, 0.5) is 4.79 Å². The molecule has 3 rings (SSSR count). The number of carbonyl (C=O) groups excluding carboxylic acids is 2. The highest BCUT2D eigenvalue weighted by atomic mass is 16.3. The summed E-state index contributed by atoms with van der Waals surface area (Å²) in [6, 6.07) is 8.71. The van der Waals surface area contributed by atoms with Crippen LogP contribution in [0.3, 0.4) is 0 Å². The quantitative estimate of drug-likeness (QED) is 0.729. The van der Waals surface area contributed by atoms with Crippen molar-refractivity contribution in [1.82, 2.24) is 10.6 Å². The third-order valence-corrected chi connectivity index (χ3v) is 2.96. The summed E-state index contributed by atoms with van der Waals surface area (Å²) in [6.07, 6.45) is 0. The molecule has 2 aromatic rings. The Labute approximate surface area is 96.8 Å². The van der Waals surface area contributed by atoms with Crippen molar-refractivity contribution in [2.45, 2.75) is 12.5 Å². The maximum Gasteiger partial charge on any atom is 0.322 e. The summed E-state index contributed by atoms with van der Waals surface area (Å²) in [6.45, 7) is 1.62. The largest absolute Gasteiger partial charge is 0.458 e. The average Bonchev–Trinajstić information content (AvgIpc) is 2.81. The Morgan fingerprint density at radius 1 is 1.24 bits per heavy atom. The molecule has 5 heteroatoms. The van der Waals surface area contributed by atoms with Crippen LogP contribution in [0.2, 0.25) is 0 Å². The molecule has 0 unspecified atom stereocenters. The van der Waals surface area contributed by atoms with E-state index in [2.05, 4.69) is 10.6 Å². The molecule has 1 atom stereocenters. The highest BCUT2D eigenvalue weighted by Gasteiger charge is 2.46.